The van der Waals surface area contributed by atoms with Crippen molar-refractivity contribution in [3.05, 3.63) is 30.5 Å². The predicted molar refractivity (Wildman–Crippen MR) is 64.5 cm³/mol. The third-order valence-corrected chi connectivity index (χ3v) is 2.64. The molecule has 0 radical (unpaired) electrons. The molecule has 4 heteroatoms. The topological polar surface area (TPSA) is 57.4 Å². The lowest BCUT2D eigenvalue weighted by molar-refractivity contribution is 0.105. The summed E-state index contributed by atoms with van der Waals surface area (Å²) in [7, 11) is 1.98. The van der Waals surface area contributed by atoms with Crippen LogP contribution in [0.4, 0.5) is 5.69 Å². The molecule has 1 aromatic heterocycles. The first-order valence-electron chi connectivity index (χ1n) is 5.29. The zero-order valence-corrected chi connectivity index (χ0v) is 9.22. The minimum atomic E-state index is -0.723. The number of aryl methyl sites for hydroxylation is 1. The number of aliphatic hydroxyl groups excluding tert-OH is 2. The fourth-order valence-corrected chi connectivity index (χ4v) is 1.77. The average molecular weight is 220 g/mol. The molecule has 16 heavy (non-hydrogen) atoms. The van der Waals surface area contributed by atoms with Gasteiger partial charge in [0.1, 0.15) is 0 Å². The smallest absolute Gasteiger partial charge is 0.0942 e. The van der Waals surface area contributed by atoms with Crippen LogP contribution in [-0.4, -0.2) is 34.0 Å². The number of aromatic nitrogens is 1. The SMILES string of the molecule is Cn1cc(NCC(O)CO)c2ccccc21. The van der Waals surface area contributed by atoms with Gasteiger partial charge < -0.3 is 20.1 Å². The quantitative estimate of drug-likeness (QED) is 0.719. The number of nitrogens with one attached hydrogen (secondary N) is 1. The van der Waals surface area contributed by atoms with Crippen LogP contribution in [0.3, 0.4) is 0 Å². The van der Waals surface area contributed by atoms with Crippen LogP contribution in [0.25, 0.3) is 10.9 Å². The van der Waals surface area contributed by atoms with Crippen molar-refractivity contribution in [2.45, 2.75) is 6.10 Å². The molecule has 2 aromatic rings. The van der Waals surface area contributed by atoms with E-state index in [1.165, 1.54) is 0 Å². The molecule has 0 aliphatic rings. The highest BCUT2D eigenvalue weighted by molar-refractivity contribution is 5.92. The summed E-state index contributed by atoms with van der Waals surface area (Å²) in [5.41, 5.74) is 2.12. The highest BCUT2D eigenvalue weighted by Gasteiger charge is 2.07. The van der Waals surface area contributed by atoms with Gasteiger partial charge in [-0.05, 0) is 6.07 Å². The number of rotatable bonds is 4. The Kier molecular flexibility index (Phi) is 3.12. The van der Waals surface area contributed by atoms with E-state index in [0.29, 0.717) is 6.54 Å². The molecule has 1 aromatic carbocycles. The normalized spacial score (nSPS) is 12.9. The molecule has 0 aliphatic heterocycles. The zero-order chi connectivity index (χ0) is 11.5. The lowest BCUT2D eigenvalue weighted by atomic mass is 10.2. The summed E-state index contributed by atoms with van der Waals surface area (Å²) in [6.07, 6.45) is 1.26. The molecular weight excluding hydrogens is 204 g/mol. The van der Waals surface area contributed by atoms with Gasteiger partial charge >= 0.3 is 0 Å². The van der Waals surface area contributed by atoms with Gasteiger partial charge in [-0.15, -0.1) is 0 Å². The highest BCUT2D eigenvalue weighted by Crippen LogP contribution is 2.24. The molecule has 86 valence electrons. The third-order valence-electron chi connectivity index (χ3n) is 2.64. The molecule has 0 bridgehead atoms. The molecule has 1 heterocycles. The summed E-state index contributed by atoms with van der Waals surface area (Å²) in [5.74, 6) is 0. The molecule has 1 atom stereocenters. The molecule has 0 amide bonds. The molecule has 0 fully saturated rings. The van der Waals surface area contributed by atoms with Crippen molar-refractivity contribution >= 4 is 16.6 Å². The molecule has 0 spiro atoms. The Morgan fingerprint density at radius 3 is 2.88 bits per heavy atom. The minimum absolute atomic E-state index is 0.224. The van der Waals surface area contributed by atoms with Gasteiger partial charge in [-0.25, -0.2) is 0 Å². The van der Waals surface area contributed by atoms with Crippen molar-refractivity contribution in [3.8, 4) is 0 Å². The Hall–Kier alpha value is -1.52. The maximum absolute atomic E-state index is 9.28. The first-order valence-corrected chi connectivity index (χ1v) is 5.29. The van der Waals surface area contributed by atoms with E-state index < -0.39 is 6.10 Å². The van der Waals surface area contributed by atoms with Gasteiger partial charge in [0.25, 0.3) is 0 Å². The van der Waals surface area contributed by atoms with Crippen molar-refractivity contribution in [1.29, 1.82) is 0 Å². The van der Waals surface area contributed by atoms with Crippen molar-refractivity contribution < 1.29 is 10.2 Å². The molecule has 0 aliphatic carbocycles. The fourth-order valence-electron chi connectivity index (χ4n) is 1.77. The van der Waals surface area contributed by atoms with E-state index in [4.69, 9.17) is 5.11 Å². The van der Waals surface area contributed by atoms with E-state index in [1.807, 2.05) is 42.1 Å². The van der Waals surface area contributed by atoms with E-state index in [0.717, 1.165) is 16.6 Å². The number of para-hydroxylation sites is 1. The second kappa shape index (κ2) is 4.55. The molecule has 0 saturated carbocycles. The maximum Gasteiger partial charge on any atom is 0.0942 e. The maximum atomic E-state index is 9.28. The van der Waals surface area contributed by atoms with Crippen LogP contribution in [-0.2, 0) is 7.05 Å². The monoisotopic (exact) mass is 220 g/mol. The Bertz CT molecular complexity index is 479. The lowest BCUT2D eigenvalue weighted by Gasteiger charge is -2.08. The van der Waals surface area contributed by atoms with Gasteiger partial charge in [-0.3, -0.25) is 0 Å². The van der Waals surface area contributed by atoms with Crippen LogP contribution in [0.5, 0.6) is 0 Å². The van der Waals surface area contributed by atoms with E-state index in [2.05, 4.69) is 5.32 Å². The largest absolute Gasteiger partial charge is 0.394 e. The molecular formula is C12H16N2O2. The second-order valence-corrected chi connectivity index (χ2v) is 3.89. The van der Waals surface area contributed by atoms with Gasteiger partial charge in [0.2, 0.25) is 0 Å². The number of anilines is 1. The molecule has 0 saturated heterocycles. The van der Waals surface area contributed by atoms with Crippen LogP contribution < -0.4 is 5.32 Å². The van der Waals surface area contributed by atoms with E-state index in [-0.39, 0.29) is 6.61 Å². The lowest BCUT2D eigenvalue weighted by Crippen LogP contribution is -2.22. The number of benzene rings is 1. The molecule has 4 nitrogen and oxygen atoms in total. The van der Waals surface area contributed by atoms with Gasteiger partial charge in [0, 0.05) is 30.7 Å². The third kappa shape index (κ3) is 2.03. The molecule has 1 unspecified atom stereocenters. The highest BCUT2D eigenvalue weighted by atomic mass is 16.3. The first-order chi connectivity index (χ1) is 7.72. The molecule has 2 rings (SSSR count). The fraction of sp³-hybridized carbons (Fsp3) is 0.333. The number of nitrogens with zero attached hydrogens (tertiary/aromatic N) is 1. The number of hydrogen-bond donors (Lipinski definition) is 3. The van der Waals surface area contributed by atoms with Crippen LogP contribution in [0.1, 0.15) is 0 Å². The summed E-state index contributed by atoms with van der Waals surface area (Å²) >= 11 is 0. The van der Waals surface area contributed by atoms with Crippen molar-refractivity contribution in [3.63, 3.8) is 0 Å². The summed E-state index contributed by atoms with van der Waals surface area (Å²) < 4.78 is 2.03. The Morgan fingerprint density at radius 2 is 2.12 bits per heavy atom. The Labute approximate surface area is 94.1 Å². The Morgan fingerprint density at radius 1 is 1.38 bits per heavy atom. The van der Waals surface area contributed by atoms with Crippen LogP contribution in [0, 0.1) is 0 Å². The number of fused-ring (bicyclic) bond motifs is 1. The standard InChI is InChI=1S/C12H16N2O2/c1-14-7-11(13-6-9(16)8-15)10-4-2-3-5-12(10)14/h2-5,7,9,13,15-16H,6,8H2,1H3. The first kappa shape index (κ1) is 11.0. The predicted octanol–water partition coefficient (Wildman–Crippen LogP) is 0.943. The Balaban J connectivity index is 2.24. The van der Waals surface area contributed by atoms with Crippen molar-refractivity contribution in [2.24, 2.45) is 7.05 Å². The second-order valence-electron chi connectivity index (χ2n) is 3.89. The van der Waals surface area contributed by atoms with Gasteiger partial charge in [0.15, 0.2) is 0 Å². The summed E-state index contributed by atoms with van der Waals surface area (Å²) in [5, 5.41) is 22.3. The van der Waals surface area contributed by atoms with Gasteiger partial charge in [-0.2, -0.15) is 0 Å². The summed E-state index contributed by atoms with van der Waals surface area (Å²) in [6, 6.07) is 8.05. The van der Waals surface area contributed by atoms with E-state index in [1.54, 1.807) is 0 Å². The molecule has 3 N–H and O–H groups in total. The van der Waals surface area contributed by atoms with E-state index >= 15 is 0 Å². The van der Waals surface area contributed by atoms with Crippen LogP contribution in [0.15, 0.2) is 30.5 Å². The number of aliphatic hydroxyl groups is 2. The van der Waals surface area contributed by atoms with Crippen LogP contribution in [0.2, 0.25) is 0 Å². The van der Waals surface area contributed by atoms with Crippen molar-refractivity contribution in [1.82, 2.24) is 4.57 Å². The summed E-state index contributed by atoms with van der Waals surface area (Å²) in [4.78, 5) is 0. The average Bonchev–Trinajstić information content (AvgIpc) is 2.64. The minimum Gasteiger partial charge on any atom is -0.394 e. The number of hydrogen-bond acceptors (Lipinski definition) is 3. The van der Waals surface area contributed by atoms with E-state index in [9.17, 15) is 5.11 Å². The zero-order valence-electron chi connectivity index (χ0n) is 9.22. The van der Waals surface area contributed by atoms with Gasteiger partial charge in [-0.1, -0.05) is 18.2 Å². The van der Waals surface area contributed by atoms with Crippen LogP contribution >= 0.6 is 0 Å². The van der Waals surface area contributed by atoms with Crippen molar-refractivity contribution in [2.75, 3.05) is 18.5 Å². The summed E-state index contributed by atoms with van der Waals surface area (Å²) in [6.45, 7) is 0.127. The van der Waals surface area contributed by atoms with Gasteiger partial charge in [0.05, 0.1) is 18.4 Å².